The first-order chi connectivity index (χ1) is 49.3. The minimum absolute atomic E-state index is 0.0355. The number of rotatable bonds is 33. The van der Waals surface area contributed by atoms with Crippen LogP contribution in [0.5, 0.6) is 0 Å². The molecule has 17 atom stereocenters. The first kappa shape index (κ1) is 90.7. The predicted molar refractivity (Wildman–Crippen MR) is 395 cm³/mol. The number of allylic oxidation sites excluding steroid dienone is 1. The highest BCUT2D eigenvalue weighted by Crippen LogP contribution is 2.23. The first-order valence-electron chi connectivity index (χ1n) is 37.5. The van der Waals surface area contributed by atoms with E-state index in [0.29, 0.717) is 24.8 Å². The van der Waals surface area contributed by atoms with Gasteiger partial charge >= 0.3 is 5.97 Å². The van der Waals surface area contributed by atoms with Crippen LogP contribution in [0.4, 0.5) is 0 Å². The number of ether oxygens (including phenoxy) is 1. The van der Waals surface area contributed by atoms with Crippen LogP contribution in [0.1, 0.15) is 195 Å². The molecule has 4 unspecified atom stereocenters. The number of amides is 13. The largest absolute Gasteiger partial charge is 0.458 e. The highest BCUT2D eigenvalue weighted by Gasteiger charge is 2.44. The van der Waals surface area contributed by atoms with Gasteiger partial charge in [0.25, 0.3) is 5.91 Å². The molecule has 2 heterocycles. The zero-order chi connectivity index (χ0) is 79.4. The van der Waals surface area contributed by atoms with Gasteiger partial charge in [0, 0.05) is 19.4 Å². The lowest BCUT2D eigenvalue weighted by molar-refractivity contribution is -0.157. The van der Waals surface area contributed by atoms with E-state index in [2.05, 4.69) is 63.8 Å². The van der Waals surface area contributed by atoms with Gasteiger partial charge in [0.2, 0.25) is 70.9 Å². The maximum atomic E-state index is 15.0. The van der Waals surface area contributed by atoms with Crippen molar-refractivity contribution >= 4 is 82.8 Å². The Morgan fingerprint density at radius 2 is 1.15 bits per heavy atom. The molecule has 3 rings (SSSR count). The van der Waals surface area contributed by atoms with Gasteiger partial charge in [-0.05, 0) is 112 Å². The topological polar surface area (TPSA) is 442 Å². The Balaban J connectivity index is 2.00. The van der Waals surface area contributed by atoms with Crippen molar-refractivity contribution in [1.29, 1.82) is 0 Å². The Hall–Kier alpha value is -8.54. The van der Waals surface area contributed by atoms with Crippen LogP contribution in [-0.2, 0) is 78.3 Å². The van der Waals surface area contributed by atoms with Gasteiger partial charge in [-0.15, -0.1) is 0 Å². The number of cyclic esters (lactones) is 1. The van der Waals surface area contributed by atoms with Crippen molar-refractivity contribution in [2.24, 2.45) is 53.1 Å². The van der Waals surface area contributed by atoms with Crippen LogP contribution in [0.15, 0.2) is 42.1 Å². The molecule has 590 valence electrons. The van der Waals surface area contributed by atoms with E-state index in [1.807, 2.05) is 13.8 Å². The molecule has 30 nitrogen and oxygen atoms in total. The summed E-state index contributed by atoms with van der Waals surface area (Å²) in [7, 11) is 0. The van der Waals surface area contributed by atoms with E-state index in [4.69, 9.17) is 10.5 Å². The minimum atomic E-state index is -1.83. The average molecular weight is 1480 g/mol. The van der Waals surface area contributed by atoms with Crippen molar-refractivity contribution < 1.29 is 77.0 Å². The molecule has 0 saturated carbocycles. The molecule has 1 aromatic carbocycles. The fourth-order valence-electron chi connectivity index (χ4n) is 12.0. The third-order valence-electron chi connectivity index (χ3n) is 19.6. The Bertz CT molecular complexity index is 3160. The molecule has 2 fully saturated rings. The molecule has 30 heteroatoms. The monoisotopic (exact) mass is 1480 g/mol. The molecule has 0 spiro atoms. The third kappa shape index (κ3) is 27.4. The molecule has 2 aliphatic heterocycles. The summed E-state index contributed by atoms with van der Waals surface area (Å²) in [6, 6.07) is -7.67. The number of aliphatic hydroxyl groups excluding tert-OH is 1. The van der Waals surface area contributed by atoms with E-state index in [1.54, 1.807) is 127 Å². The van der Waals surface area contributed by atoms with Crippen molar-refractivity contribution in [3.05, 3.63) is 47.7 Å². The molecule has 0 aliphatic carbocycles. The lowest BCUT2D eigenvalue weighted by Crippen LogP contribution is -2.64. The van der Waals surface area contributed by atoms with Crippen LogP contribution in [0.3, 0.4) is 0 Å². The summed E-state index contributed by atoms with van der Waals surface area (Å²) in [6.45, 7) is 31.7. The van der Waals surface area contributed by atoms with E-state index in [9.17, 15) is 62.6 Å². The van der Waals surface area contributed by atoms with Crippen molar-refractivity contribution in [1.82, 2.24) is 68.7 Å². The van der Waals surface area contributed by atoms with Crippen molar-refractivity contribution in [2.45, 2.75) is 280 Å². The Morgan fingerprint density at radius 3 is 1.69 bits per heavy atom. The molecule has 1 aromatic rings. The number of benzene rings is 1. The van der Waals surface area contributed by atoms with Gasteiger partial charge in [-0.1, -0.05) is 166 Å². The molecule has 15 N–H and O–H groups in total. The summed E-state index contributed by atoms with van der Waals surface area (Å²) < 4.78 is 5.96. The maximum absolute atomic E-state index is 15.0. The fourth-order valence-corrected chi connectivity index (χ4v) is 12.0. The number of nitrogens with one attached hydrogen (secondary N) is 12. The van der Waals surface area contributed by atoms with Crippen molar-refractivity contribution in [2.75, 3.05) is 13.1 Å². The van der Waals surface area contributed by atoms with Gasteiger partial charge in [0.05, 0.1) is 6.10 Å². The number of nitrogens with zero attached hydrogens (tertiary/aromatic N) is 1. The number of carbonyl (C=O) groups excluding carboxylic acids is 14. The van der Waals surface area contributed by atoms with Crippen LogP contribution in [0.25, 0.3) is 0 Å². The van der Waals surface area contributed by atoms with Gasteiger partial charge in [-0.25, -0.2) is 4.79 Å². The van der Waals surface area contributed by atoms with E-state index >= 15 is 9.59 Å². The van der Waals surface area contributed by atoms with Crippen LogP contribution in [0, 0.1) is 47.3 Å². The zero-order valence-electron chi connectivity index (χ0n) is 65.2. The molecule has 2 saturated heterocycles. The Kier molecular flexibility index (Phi) is 37.8. The maximum Gasteiger partial charge on any atom is 0.329 e. The second-order valence-electron chi connectivity index (χ2n) is 30.0. The van der Waals surface area contributed by atoms with E-state index in [0.717, 1.165) is 6.42 Å². The highest BCUT2D eigenvalue weighted by atomic mass is 16.5. The van der Waals surface area contributed by atoms with Crippen molar-refractivity contribution in [3.63, 3.8) is 0 Å². The summed E-state index contributed by atoms with van der Waals surface area (Å²) in [6.07, 6.45) is 1.08. The van der Waals surface area contributed by atoms with Crippen LogP contribution < -0.4 is 69.5 Å². The third-order valence-corrected chi connectivity index (χ3v) is 19.6. The minimum Gasteiger partial charge on any atom is -0.458 e. The molecule has 105 heavy (non-hydrogen) atoms. The quantitative estimate of drug-likeness (QED) is 0.0353. The summed E-state index contributed by atoms with van der Waals surface area (Å²) in [5.74, 6) is -15.2. The summed E-state index contributed by atoms with van der Waals surface area (Å²) in [4.78, 5) is 202. The number of hydrogen-bond acceptors (Lipinski definition) is 17. The molecule has 0 bridgehead atoms. The van der Waals surface area contributed by atoms with E-state index in [1.165, 1.54) is 31.7 Å². The van der Waals surface area contributed by atoms with E-state index in [-0.39, 0.29) is 69.1 Å². The lowest BCUT2D eigenvalue weighted by atomic mass is 9.95. The van der Waals surface area contributed by atoms with E-state index < -0.39 is 203 Å². The lowest BCUT2D eigenvalue weighted by Gasteiger charge is -2.33. The van der Waals surface area contributed by atoms with Crippen molar-refractivity contribution in [3.8, 4) is 0 Å². The molecule has 0 radical (unpaired) electrons. The standard InChI is InChI=1S/C75H124N14O16/c1-20-43(15)33-34-53(91)80-54(38(5)6)68(97)87-61(46(18)90)72(101)82-56(40(9)10)69(98)83-57(41(11)12)74(103)89-36-28-32-52(89)66(95)78-50(31-27-35-76)64(93)85-59(44(16)21-2)71(100)88-62-47(19)105-75(104)58(42(13)14)84-63(92)49(23-4)77-65(94)51(37-48-29-25-24-26-30-48)79-67(96)55(39(7)8)81-70(99)60(45(17)22-3)86-73(62)102/h23-26,29-30,38-47,50-52,54-62,90H,20-22,27-28,31-37,76H2,1-19H3,(H,77,94)(H,78,95)(H,79,96)(H,80,91)(H,81,99)(H,82,101)(H,83,98)(H,84,92)(H,85,93)(H,86,102)(H,87,97)(H,88,100)/b49-23-/t43-,44-,45-,46+,47+,50-,51-,52+,54?,55+,56?,57?,58?,59+,60+,61-,62+/m0/s1. The van der Waals surface area contributed by atoms with Crippen LogP contribution in [-0.4, -0.2) is 191 Å². The fraction of sp³-hybridized carbons (Fsp3) is 0.707. The summed E-state index contributed by atoms with van der Waals surface area (Å²) >= 11 is 0. The number of hydrogen-bond donors (Lipinski definition) is 14. The summed E-state index contributed by atoms with van der Waals surface area (Å²) in [5.41, 5.74) is 6.34. The SMILES string of the molecule is C/C=C1\NC(=O)[C@H](Cc2ccccc2)NC(=O)[C@@H](C(C)C)NC(=O)[C@@H]([C@@H](C)CC)NC(=O)[C@H](NC(=O)[C@H](NC(=O)[C@H](CCCN)NC(=O)[C@H]2CCCN2C(=O)C(NC(=O)C(NC(=O)[C@@H](NC(=O)C(NC(=O)CC[C@@H](C)CC)C(C)C)[C@@H](C)O)C(C)C)C(C)C)[C@@H](C)CC)[C@@H](C)OC(=O)C(C(C)C)NC1=O. The second kappa shape index (κ2) is 43.8. The van der Waals surface area contributed by atoms with Gasteiger partial charge in [-0.2, -0.15) is 0 Å². The Morgan fingerprint density at radius 1 is 0.610 bits per heavy atom. The zero-order valence-corrected chi connectivity index (χ0v) is 65.2. The molecule has 13 amide bonds. The van der Waals surface area contributed by atoms with Crippen LogP contribution in [0.2, 0.25) is 0 Å². The predicted octanol–water partition coefficient (Wildman–Crippen LogP) is 1.84. The van der Waals surface area contributed by atoms with Gasteiger partial charge < -0.3 is 84.3 Å². The van der Waals surface area contributed by atoms with Gasteiger partial charge in [-0.3, -0.25) is 62.3 Å². The van der Waals surface area contributed by atoms with Gasteiger partial charge in [0.15, 0.2) is 0 Å². The molecule has 0 aromatic heterocycles. The second-order valence-corrected chi connectivity index (χ2v) is 30.0. The molecular formula is C75H124N14O16. The average Bonchev–Trinajstić information content (AvgIpc) is 1.80. The Labute approximate surface area is 620 Å². The number of nitrogens with two attached hydrogens (primary N) is 1. The molecule has 2 aliphatic rings. The first-order valence-corrected chi connectivity index (χ1v) is 37.5. The van der Waals surface area contributed by atoms with Gasteiger partial charge in [0.1, 0.15) is 84.3 Å². The number of aliphatic hydroxyl groups is 1. The summed E-state index contributed by atoms with van der Waals surface area (Å²) in [5, 5.41) is 43.2. The number of likely N-dealkylation sites (tertiary alicyclic amines) is 1. The number of carbonyl (C=O) groups is 14. The molecular weight excluding hydrogens is 1350 g/mol. The number of esters is 1. The van der Waals surface area contributed by atoms with Crippen LogP contribution >= 0.6 is 0 Å². The normalized spacial score (nSPS) is 22.8. The smallest absolute Gasteiger partial charge is 0.329 e. The highest BCUT2D eigenvalue weighted by molar-refractivity contribution is 6.03.